The summed E-state index contributed by atoms with van der Waals surface area (Å²) in [4.78, 5) is 5.47. The molecule has 2 aliphatic carbocycles. The van der Waals surface area contributed by atoms with E-state index in [0.717, 1.165) is 0 Å². The lowest BCUT2D eigenvalue weighted by molar-refractivity contribution is -0.00343. The molecule has 5 aliphatic rings. The summed E-state index contributed by atoms with van der Waals surface area (Å²) in [6.45, 7) is 5.41. The second-order valence-electron chi connectivity index (χ2n) is 9.20. The van der Waals surface area contributed by atoms with Crippen LogP contribution in [0.15, 0.2) is 24.3 Å². The van der Waals surface area contributed by atoms with Gasteiger partial charge in [-0.3, -0.25) is 4.90 Å². The Hall–Kier alpha value is -1.06. The van der Waals surface area contributed by atoms with E-state index in [9.17, 15) is 5.11 Å². The Kier molecular flexibility index (Phi) is 2.37. The van der Waals surface area contributed by atoms with E-state index in [1.54, 1.807) is 5.56 Å². The van der Waals surface area contributed by atoms with Crippen LogP contribution in [-0.4, -0.2) is 48.3 Å². The van der Waals surface area contributed by atoms with Gasteiger partial charge in [0.1, 0.15) is 0 Å². The molecule has 6 rings (SSSR count). The van der Waals surface area contributed by atoms with Crippen molar-refractivity contribution in [2.24, 2.45) is 17.3 Å². The molecule has 0 radical (unpaired) electrons. The number of para-hydroxylation sites is 1. The number of rotatable bonds is 1. The lowest BCUT2D eigenvalue weighted by Crippen LogP contribution is -2.65. The molecule has 128 valence electrons. The van der Waals surface area contributed by atoms with Gasteiger partial charge in [0.15, 0.2) is 0 Å². The topological polar surface area (TPSA) is 26.7 Å². The minimum atomic E-state index is 0.120. The summed E-state index contributed by atoms with van der Waals surface area (Å²) in [7, 11) is 2.33. The second-order valence-corrected chi connectivity index (χ2v) is 9.20. The maximum Gasteiger partial charge on any atom is 0.0593 e. The van der Waals surface area contributed by atoms with Crippen molar-refractivity contribution in [2.75, 3.05) is 31.6 Å². The van der Waals surface area contributed by atoms with Crippen molar-refractivity contribution in [3.63, 3.8) is 0 Å². The Bertz CT molecular complexity index is 734. The molecule has 4 fully saturated rings. The predicted molar refractivity (Wildman–Crippen MR) is 95.3 cm³/mol. The van der Waals surface area contributed by atoms with Crippen molar-refractivity contribution < 1.29 is 5.11 Å². The van der Waals surface area contributed by atoms with Gasteiger partial charge in [-0.15, -0.1) is 0 Å². The first-order valence-electron chi connectivity index (χ1n) is 9.83. The summed E-state index contributed by atoms with van der Waals surface area (Å²) < 4.78 is 0. The third kappa shape index (κ3) is 1.05. The van der Waals surface area contributed by atoms with Gasteiger partial charge in [-0.05, 0) is 61.7 Å². The summed E-state index contributed by atoms with van der Waals surface area (Å²) in [5.41, 5.74) is 3.81. The van der Waals surface area contributed by atoms with Crippen LogP contribution in [0.2, 0.25) is 0 Å². The van der Waals surface area contributed by atoms with Gasteiger partial charge in [-0.2, -0.15) is 0 Å². The van der Waals surface area contributed by atoms with Crippen molar-refractivity contribution in [2.45, 2.75) is 49.6 Å². The van der Waals surface area contributed by atoms with Crippen LogP contribution in [0.1, 0.15) is 38.2 Å². The third-order valence-corrected chi connectivity index (χ3v) is 9.26. The van der Waals surface area contributed by atoms with Crippen LogP contribution in [0, 0.1) is 17.3 Å². The SMILES string of the molecule is CC1C23CCCN4CCC5(c6ccccc6N(C)C15C(CO)C2)C43. The highest BCUT2D eigenvalue weighted by Gasteiger charge is 2.85. The minimum Gasteiger partial charge on any atom is -0.396 e. The van der Waals surface area contributed by atoms with Gasteiger partial charge in [0, 0.05) is 36.7 Å². The van der Waals surface area contributed by atoms with Crippen LogP contribution in [0.3, 0.4) is 0 Å². The third-order valence-electron chi connectivity index (χ3n) is 9.26. The molecule has 3 heterocycles. The zero-order chi connectivity index (χ0) is 16.3. The van der Waals surface area contributed by atoms with E-state index in [4.69, 9.17) is 0 Å². The maximum absolute atomic E-state index is 10.4. The molecular weight excluding hydrogens is 296 g/mol. The molecular formula is C21H28N2O. The maximum atomic E-state index is 10.4. The number of nitrogens with zero attached hydrogens (tertiary/aromatic N) is 2. The van der Waals surface area contributed by atoms with Gasteiger partial charge in [0.2, 0.25) is 0 Å². The fraction of sp³-hybridized carbons (Fsp3) is 0.714. The zero-order valence-corrected chi connectivity index (χ0v) is 14.8. The van der Waals surface area contributed by atoms with E-state index in [0.29, 0.717) is 29.9 Å². The summed E-state index contributed by atoms with van der Waals surface area (Å²) in [6.07, 6.45) is 5.22. The first kappa shape index (κ1) is 14.1. The standard InChI is InChI=1S/C21H28N2O/c1-14-19-8-5-10-23-11-9-20(18(19)23)16-6-3-4-7-17(16)22(2)21(14,20)15(12-19)13-24/h3-4,6-7,14-15,18,24H,5,8-13H2,1-2H3. The molecule has 2 bridgehead atoms. The Labute approximate surface area is 144 Å². The van der Waals surface area contributed by atoms with E-state index in [1.165, 1.54) is 44.5 Å². The molecule has 2 saturated heterocycles. The number of hydrogen-bond acceptors (Lipinski definition) is 3. The van der Waals surface area contributed by atoms with Crippen molar-refractivity contribution in [3.8, 4) is 0 Å². The number of piperidine rings is 1. The largest absolute Gasteiger partial charge is 0.396 e. The molecule has 1 aromatic carbocycles. The van der Waals surface area contributed by atoms with Crippen LogP contribution >= 0.6 is 0 Å². The van der Waals surface area contributed by atoms with Crippen LogP contribution in [-0.2, 0) is 5.41 Å². The van der Waals surface area contributed by atoms with Crippen molar-refractivity contribution in [3.05, 3.63) is 29.8 Å². The Morgan fingerprint density at radius 2 is 2.04 bits per heavy atom. The summed E-state index contributed by atoms with van der Waals surface area (Å²) >= 11 is 0. The van der Waals surface area contributed by atoms with Crippen LogP contribution in [0.5, 0.6) is 0 Å². The van der Waals surface area contributed by atoms with Crippen LogP contribution < -0.4 is 4.90 Å². The van der Waals surface area contributed by atoms with E-state index in [2.05, 4.69) is 48.0 Å². The van der Waals surface area contributed by atoms with Gasteiger partial charge >= 0.3 is 0 Å². The van der Waals surface area contributed by atoms with Crippen LogP contribution in [0.4, 0.5) is 5.69 Å². The number of aliphatic hydroxyl groups is 1. The van der Waals surface area contributed by atoms with Crippen molar-refractivity contribution in [1.29, 1.82) is 0 Å². The van der Waals surface area contributed by atoms with Gasteiger partial charge < -0.3 is 10.0 Å². The second kappa shape index (κ2) is 4.02. The van der Waals surface area contributed by atoms with E-state index < -0.39 is 0 Å². The Morgan fingerprint density at radius 3 is 2.88 bits per heavy atom. The molecule has 3 nitrogen and oxygen atoms in total. The number of aliphatic hydroxyl groups excluding tert-OH is 1. The monoisotopic (exact) mass is 324 g/mol. The number of anilines is 1. The molecule has 6 unspecified atom stereocenters. The summed E-state index contributed by atoms with van der Waals surface area (Å²) in [5.74, 6) is 1.08. The van der Waals surface area contributed by atoms with Crippen LogP contribution in [0.25, 0.3) is 0 Å². The quantitative estimate of drug-likeness (QED) is 0.860. The number of likely N-dealkylation sites (N-methyl/N-ethyl adjacent to an activating group) is 1. The number of fused-ring (bicyclic) bond motifs is 1. The molecule has 2 saturated carbocycles. The Morgan fingerprint density at radius 1 is 1.21 bits per heavy atom. The molecule has 0 amide bonds. The highest BCUT2D eigenvalue weighted by Crippen LogP contribution is 2.80. The van der Waals surface area contributed by atoms with Gasteiger partial charge in [0.05, 0.1) is 5.54 Å². The molecule has 6 atom stereocenters. The first-order chi connectivity index (χ1) is 11.6. The summed E-state index contributed by atoms with van der Waals surface area (Å²) in [5, 5.41) is 10.4. The zero-order valence-electron chi connectivity index (χ0n) is 14.8. The predicted octanol–water partition coefficient (Wildman–Crippen LogP) is 2.63. The fourth-order valence-corrected chi connectivity index (χ4v) is 9.07. The van der Waals surface area contributed by atoms with Gasteiger partial charge in [0.25, 0.3) is 0 Å². The average Bonchev–Trinajstić information content (AvgIpc) is 3.25. The molecule has 3 spiro atoms. The number of hydrogen-bond donors (Lipinski definition) is 1. The molecule has 3 heteroatoms. The molecule has 1 N–H and O–H groups in total. The fourth-order valence-electron chi connectivity index (χ4n) is 9.07. The van der Waals surface area contributed by atoms with E-state index in [-0.39, 0.29) is 11.0 Å². The highest BCUT2D eigenvalue weighted by molar-refractivity contribution is 5.72. The van der Waals surface area contributed by atoms with E-state index >= 15 is 0 Å². The average molecular weight is 324 g/mol. The van der Waals surface area contributed by atoms with Gasteiger partial charge in [-0.25, -0.2) is 0 Å². The lowest BCUT2D eigenvalue weighted by Gasteiger charge is -2.54. The van der Waals surface area contributed by atoms with E-state index in [1.807, 2.05) is 0 Å². The minimum absolute atomic E-state index is 0.120. The van der Waals surface area contributed by atoms with Gasteiger partial charge in [-0.1, -0.05) is 25.1 Å². The first-order valence-corrected chi connectivity index (χ1v) is 9.83. The normalized spacial score (nSPS) is 51.0. The highest BCUT2D eigenvalue weighted by atomic mass is 16.3. The number of benzene rings is 1. The lowest BCUT2D eigenvalue weighted by atomic mass is 9.56. The molecule has 0 aromatic heterocycles. The molecule has 3 aliphatic heterocycles. The van der Waals surface area contributed by atoms with Crippen molar-refractivity contribution >= 4 is 5.69 Å². The van der Waals surface area contributed by atoms with Crippen molar-refractivity contribution in [1.82, 2.24) is 4.90 Å². The molecule has 24 heavy (non-hydrogen) atoms. The summed E-state index contributed by atoms with van der Waals surface area (Å²) in [6, 6.07) is 9.86. The Balaban J connectivity index is 1.72. The smallest absolute Gasteiger partial charge is 0.0593 e. The molecule has 1 aromatic rings.